The largest absolute Gasteiger partial charge is 0.497 e. The van der Waals surface area contributed by atoms with Crippen LogP contribution in [0.15, 0.2) is 42.5 Å². The molecule has 10 nitrogen and oxygen atoms in total. The van der Waals surface area contributed by atoms with Gasteiger partial charge in [0, 0.05) is 19.2 Å². The van der Waals surface area contributed by atoms with Crippen LogP contribution in [0.2, 0.25) is 0 Å². The number of amides is 2. The van der Waals surface area contributed by atoms with Crippen LogP contribution in [0.4, 0.5) is 5.69 Å². The van der Waals surface area contributed by atoms with Gasteiger partial charge in [-0.15, -0.1) is 0 Å². The highest BCUT2D eigenvalue weighted by Crippen LogP contribution is 2.35. The first-order valence-corrected chi connectivity index (χ1v) is 13.9. The smallest absolute Gasteiger partial charge is 0.244 e. The van der Waals surface area contributed by atoms with Gasteiger partial charge in [-0.3, -0.25) is 13.9 Å². The van der Waals surface area contributed by atoms with E-state index in [0.717, 1.165) is 16.3 Å². The van der Waals surface area contributed by atoms with E-state index >= 15 is 0 Å². The number of nitrogens with one attached hydrogen (secondary N) is 1. The summed E-state index contributed by atoms with van der Waals surface area (Å²) in [6.07, 6.45) is 0.745. The highest BCUT2D eigenvalue weighted by Gasteiger charge is 2.31. The molecule has 0 bridgehead atoms. The molecule has 1 N–H and O–H groups in total. The van der Waals surface area contributed by atoms with Gasteiger partial charge in [0.15, 0.2) is 11.5 Å². The van der Waals surface area contributed by atoms with Gasteiger partial charge in [-0.1, -0.05) is 19.1 Å². The van der Waals surface area contributed by atoms with E-state index in [-0.39, 0.29) is 23.9 Å². The molecule has 1 aliphatic heterocycles. The molecule has 0 fully saturated rings. The Morgan fingerprint density at radius 3 is 2.49 bits per heavy atom. The Hall–Kier alpha value is -3.47. The van der Waals surface area contributed by atoms with Crippen LogP contribution in [0.3, 0.4) is 0 Å². The summed E-state index contributed by atoms with van der Waals surface area (Å²) >= 11 is 0. The molecule has 1 heterocycles. The molecule has 202 valence electrons. The van der Waals surface area contributed by atoms with E-state index in [9.17, 15) is 18.0 Å². The van der Waals surface area contributed by atoms with E-state index in [1.807, 2.05) is 13.0 Å². The third-order valence-corrected chi connectivity index (χ3v) is 7.74. The molecule has 2 amide bonds. The fraction of sp³-hybridized carbons (Fsp3) is 0.462. The van der Waals surface area contributed by atoms with Crippen LogP contribution in [0, 0.1) is 0 Å². The summed E-state index contributed by atoms with van der Waals surface area (Å²) in [5, 5.41) is 2.82. The van der Waals surface area contributed by atoms with Gasteiger partial charge < -0.3 is 24.4 Å². The average Bonchev–Trinajstić information content (AvgIpc) is 2.92. The molecule has 0 radical (unpaired) electrons. The highest BCUT2D eigenvalue weighted by atomic mass is 32.2. The number of rotatable bonds is 12. The molecule has 2 aromatic rings. The Labute approximate surface area is 218 Å². The van der Waals surface area contributed by atoms with Crippen molar-refractivity contribution in [3.05, 3.63) is 48.0 Å². The van der Waals surface area contributed by atoms with Gasteiger partial charge in [-0.05, 0) is 50.1 Å². The topological polar surface area (TPSA) is 114 Å². The van der Waals surface area contributed by atoms with Crippen molar-refractivity contribution in [2.45, 2.75) is 39.8 Å². The first kappa shape index (κ1) is 28.1. The van der Waals surface area contributed by atoms with Crippen molar-refractivity contribution in [3.63, 3.8) is 0 Å². The van der Waals surface area contributed by atoms with E-state index in [1.54, 1.807) is 50.4 Å². The molecule has 0 saturated heterocycles. The minimum absolute atomic E-state index is 0.0951. The second-order valence-corrected chi connectivity index (χ2v) is 10.8. The normalized spacial score (nSPS) is 13.4. The molecule has 1 atom stereocenters. The van der Waals surface area contributed by atoms with Crippen LogP contribution in [0.5, 0.6) is 17.2 Å². The molecule has 0 saturated carbocycles. The molecule has 0 unspecified atom stereocenters. The quantitative estimate of drug-likeness (QED) is 0.446. The lowest BCUT2D eigenvalue weighted by Crippen LogP contribution is -2.51. The number of carbonyl (C=O) groups excluding carboxylic acids is 2. The number of fused-ring (bicyclic) bond motifs is 1. The van der Waals surface area contributed by atoms with Crippen LogP contribution >= 0.6 is 0 Å². The Morgan fingerprint density at radius 1 is 1.08 bits per heavy atom. The first-order valence-electron chi connectivity index (χ1n) is 12.3. The molecule has 0 aromatic heterocycles. The monoisotopic (exact) mass is 533 g/mol. The third-order valence-electron chi connectivity index (χ3n) is 6.00. The summed E-state index contributed by atoms with van der Waals surface area (Å²) in [6.45, 7) is 5.91. The lowest BCUT2D eigenvalue weighted by atomic mass is 10.1. The molecule has 11 heteroatoms. The maximum Gasteiger partial charge on any atom is 0.244 e. The molecule has 1 aliphatic rings. The predicted molar refractivity (Wildman–Crippen MR) is 141 cm³/mol. The molecule has 3 rings (SSSR count). The minimum atomic E-state index is -3.84. The van der Waals surface area contributed by atoms with Crippen LogP contribution < -0.4 is 23.8 Å². The Balaban J connectivity index is 1.94. The highest BCUT2D eigenvalue weighted by molar-refractivity contribution is 7.92. The van der Waals surface area contributed by atoms with Gasteiger partial charge in [0.1, 0.15) is 31.5 Å². The zero-order valence-electron chi connectivity index (χ0n) is 21.7. The van der Waals surface area contributed by atoms with Gasteiger partial charge in [0.05, 0.1) is 18.6 Å². The Kier molecular flexibility index (Phi) is 9.62. The fourth-order valence-electron chi connectivity index (χ4n) is 3.85. The molecular weight excluding hydrogens is 498 g/mol. The molecule has 2 aromatic carbocycles. The third kappa shape index (κ3) is 7.06. The van der Waals surface area contributed by atoms with Crippen molar-refractivity contribution in [2.75, 3.05) is 43.5 Å². The van der Waals surface area contributed by atoms with Crippen molar-refractivity contribution >= 4 is 27.5 Å². The molecule has 0 spiro atoms. The van der Waals surface area contributed by atoms with E-state index in [4.69, 9.17) is 14.2 Å². The molecule has 0 aliphatic carbocycles. The molecular formula is C26H35N3O7S. The lowest BCUT2D eigenvalue weighted by Gasteiger charge is -2.32. The van der Waals surface area contributed by atoms with Crippen LogP contribution in [0.25, 0.3) is 0 Å². The summed E-state index contributed by atoms with van der Waals surface area (Å²) in [7, 11) is -2.30. The van der Waals surface area contributed by atoms with Gasteiger partial charge >= 0.3 is 0 Å². The lowest BCUT2D eigenvalue weighted by molar-refractivity contribution is -0.139. The summed E-state index contributed by atoms with van der Waals surface area (Å²) < 4.78 is 43.7. The van der Waals surface area contributed by atoms with Crippen molar-refractivity contribution in [2.24, 2.45) is 0 Å². The summed E-state index contributed by atoms with van der Waals surface area (Å²) in [5.41, 5.74) is 1.02. The first-order chi connectivity index (χ1) is 17.7. The number of sulfonamides is 1. The van der Waals surface area contributed by atoms with E-state index in [2.05, 4.69) is 5.32 Å². The number of methoxy groups -OCH3 is 1. The summed E-state index contributed by atoms with van der Waals surface area (Å²) in [4.78, 5) is 27.9. The number of ether oxygens (including phenoxy) is 3. The maximum absolute atomic E-state index is 13.7. The van der Waals surface area contributed by atoms with Crippen LogP contribution in [-0.2, 0) is 26.2 Å². The standard InChI is InChI=1S/C26H35N3O7S/c1-5-12-27-26(31)19(3)28(17-20-8-7-9-22(15-20)34-4)25(30)18-29(37(32,33)6-2)21-10-11-23-24(16-21)36-14-13-35-23/h7-11,15-16,19H,5-6,12-14,17-18H2,1-4H3,(H,27,31)/t19-/m0/s1. The Morgan fingerprint density at radius 2 is 1.81 bits per heavy atom. The van der Waals surface area contributed by atoms with Gasteiger partial charge in [-0.25, -0.2) is 8.42 Å². The van der Waals surface area contributed by atoms with Crippen LogP contribution in [-0.4, -0.2) is 70.3 Å². The van der Waals surface area contributed by atoms with Crippen molar-refractivity contribution in [1.82, 2.24) is 10.2 Å². The SMILES string of the molecule is CCCNC(=O)[C@H](C)N(Cc1cccc(OC)c1)C(=O)CN(c1ccc2c(c1)OCCO2)S(=O)(=O)CC. The van der Waals surface area contributed by atoms with E-state index in [0.29, 0.717) is 37.0 Å². The summed E-state index contributed by atoms with van der Waals surface area (Å²) in [6, 6.07) is 11.1. The van der Waals surface area contributed by atoms with Crippen molar-refractivity contribution in [3.8, 4) is 17.2 Å². The average molecular weight is 534 g/mol. The van der Waals surface area contributed by atoms with Gasteiger partial charge in [0.2, 0.25) is 21.8 Å². The number of benzene rings is 2. The zero-order chi connectivity index (χ0) is 27.0. The minimum Gasteiger partial charge on any atom is -0.497 e. The number of anilines is 1. The predicted octanol–water partition coefficient (Wildman–Crippen LogP) is 2.57. The van der Waals surface area contributed by atoms with Crippen LogP contribution in [0.1, 0.15) is 32.8 Å². The summed E-state index contributed by atoms with van der Waals surface area (Å²) in [5.74, 6) is 0.483. The van der Waals surface area contributed by atoms with Gasteiger partial charge in [-0.2, -0.15) is 0 Å². The number of hydrogen-bond donors (Lipinski definition) is 1. The van der Waals surface area contributed by atoms with Gasteiger partial charge in [0.25, 0.3) is 0 Å². The number of nitrogens with zero attached hydrogens (tertiary/aromatic N) is 2. The van der Waals surface area contributed by atoms with Crippen molar-refractivity contribution < 1.29 is 32.2 Å². The van der Waals surface area contributed by atoms with E-state index in [1.165, 1.54) is 11.8 Å². The van der Waals surface area contributed by atoms with Crippen molar-refractivity contribution in [1.29, 1.82) is 0 Å². The number of hydrogen-bond acceptors (Lipinski definition) is 7. The number of carbonyl (C=O) groups is 2. The van der Waals surface area contributed by atoms with E-state index < -0.39 is 28.5 Å². The Bertz CT molecular complexity index is 1200. The molecule has 37 heavy (non-hydrogen) atoms. The maximum atomic E-state index is 13.7. The second-order valence-electron chi connectivity index (χ2n) is 8.58. The zero-order valence-corrected chi connectivity index (χ0v) is 22.5. The second kappa shape index (κ2) is 12.7. The fourth-order valence-corrected chi connectivity index (χ4v) is 4.91.